The van der Waals surface area contributed by atoms with E-state index in [-0.39, 0.29) is 10.5 Å². The molecule has 0 amide bonds. The molecule has 0 aromatic heterocycles. The Kier molecular flexibility index (Phi) is 3.72. The molecule has 4 heteroatoms. The van der Waals surface area contributed by atoms with E-state index in [1.165, 1.54) is 0 Å². The molecule has 0 unspecified atom stereocenters. The van der Waals surface area contributed by atoms with Crippen LogP contribution in [0, 0.1) is 10.1 Å². The van der Waals surface area contributed by atoms with Crippen molar-refractivity contribution in [3.05, 3.63) is 21.5 Å². The van der Waals surface area contributed by atoms with Gasteiger partial charge in [-0.3, -0.25) is 10.1 Å². The van der Waals surface area contributed by atoms with Gasteiger partial charge in [0.2, 0.25) is 0 Å². The molecule has 4 nitrogen and oxygen atoms in total. The van der Waals surface area contributed by atoms with Crippen LogP contribution in [-0.4, -0.2) is 10.5 Å². The number of rotatable bonds is 2. The second kappa shape index (κ2) is 4.64. The zero-order valence-electron chi connectivity index (χ0n) is 9.80. The SMILES string of the molecule is CC(C)(C)NC1=C([N+](=O)[O-])CCCCC1. The minimum absolute atomic E-state index is 0.0963. The number of nitrogens with one attached hydrogen (secondary N) is 1. The summed E-state index contributed by atoms with van der Waals surface area (Å²) in [4.78, 5) is 10.7. The maximum absolute atomic E-state index is 10.9. The van der Waals surface area contributed by atoms with Crippen molar-refractivity contribution in [3.8, 4) is 0 Å². The molecule has 0 fully saturated rings. The van der Waals surface area contributed by atoms with Crippen molar-refractivity contribution in [2.75, 3.05) is 0 Å². The van der Waals surface area contributed by atoms with E-state index in [0.717, 1.165) is 31.4 Å². The molecule has 0 bridgehead atoms. The van der Waals surface area contributed by atoms with Gasteiger partial charge in [0.25, 0.3) is 5.70 Å². The van der Waals surface area contributed by atoms with Gasteiger partial charge in [-0.05, 0) is 40.0 Å². The Morgan fingerprint density at radius 3 is 2.33 bits per heavy atom. The summed E-state index contributed by atoms with van der Waals surface area (Å²) < 4.78 is 0. The van der Waals surface area contributed by atoms with Gasteiger partial charge in [-0.2, -0.15) is 0 Å². The predicted octanol–water partition coefficient (Wildman–Crippen LogP) is 2.83. The molecule has 0 aromatic carbocycles. The third kappa shape index (κ3) is 3.90. The summed E-state index contributed by atoms with van der Waals surface area (Å²) in [5.74, 6) is 0. The highest BCUT2D eigenvalue weighted by Crippen LogP contribution is 2.24. The highest BCUT2D eigenvalue weighted by atomic mass is 16.6. The minimum Gasteiger partial charge on any atom is -0.379 e. The first-order valence-electron chi connectivity index (χ1n) is 5.55. The Balaban J connectivity index is 2.88. The Morgan fingerprint density at radius 1 is 1.20 bits per heavy atom. The van der Waals surface area contributed by atoms with Gasteiger partial charge in [0.15, 0.2) is 0 Å². The van der Waals surface area contributed by atoms with E-state index in [2.05, 4.69) is 5.32 Å². The molecule has 1 aliphatic carbocycles. The van der Waals surface area contributed by atoms with Crippen LogP contribution in [-0.2, 0) is 0 Å². The van der Waals surface area contributed by atoms with Crippen LogP contribution in [0.5, 0.6) is 0 Å². The summed E-state index contributed by atoms with van der Waals surface area (Å²) in [5.41, 5.74) is 1.13. The van der Waals surface area contributed by atoms with Crippen molar-refractivity contribution < 1.29 is 4.92 Å². The highest BCUT2D eigenvalue weighted by molar-refractivity contribution is 5.09. The minimum atomic E-state index is -0.223. The van der Waals surface area contributed by atoms with Gasteiger partial charge in [-0.1, -0.05) is 6.42 Å². The number of nitro groups is 1. The average molecular weight is 212 g/mol. The Labute approximate surface area is 90.9 Å². The first-order chi connectivity index (χ1) is 6.90. The van der Waals surface area contributed by atoms with E-state index in [1.807, 2.05) is 20.8 Å². The summed E-state index contributed by atoms with van der Waals surface area (Å²) in [7, 11) is 0. The van der Waals surface area contributed by atoms with E-state index in [9.17, 15) is 10.1 Å². The van der Waals surface area contributed by atoms with Crippen LogP contribution in [0.1, 0.15) is 52.9 Å². The van der Waals surface area contributed by atoms with Gasteiger partial charge < -0.3 is 5.32 Å². The molecule has 1 aliphatic rings. The van der Waals surface area contributed by atoms with E-state index in [0.29, 0.717) is 12.1 Å². The van der Waals surface area contributed by atoms with Crippen LogP contribution in [0.4, 0.5) is 0 Å². The van der Waals surface area contributed by atoms with Crippen molar-refractivity contribution in [3.63, 3.8) is 0 Å². The molecular weight excluding hydrogens is 192 g/mol. The molecule has 1 rings (SSSR count). The number of allylic oxidation sites excluding steroid dienone is 2. The maximum atomic E-state index is 10.9. The molecule has 86 valence electrons. The van der Waals surface area contributed by atoms with Crippen molar-refractivity contribution in [1.82, 2.24) is 5.32 Å². The first-order valence-corrected chi connectivity index (χ1v) is 5.55. The summed E-state index contributed by atoms with van der Waals surface area (Å²) in [6.45, 7) is 6.09. The molecule has 0 saturated carbocycles. The molecule has 0 saturated heterocycles. The van der Waals surface area contributed by atoms with Gasteiger partial charge in [0, 0.05) is 12.0 Å². The number of hydrogen-bond donors (Lipinski definition) is 1. The molecule has 1 N–H and O–H groups in total. The lowest BCUT2D eigenvalue weighted by molar-refractivity contribution is -0.429. The van der Waals surface area contributed by atoms with Crippen molar-refractivity contribution >= 4 is 0 Å². The lowest BCUT2D eigenvalue weighted by atomic mass is 10.1. The fourth-order valence-electron chi connectivity index (χ4n) is 1.85. The van der Waals surface area contributed by atoms with Gasteiger partial charge in [-0.25, -0.2) is 0 Å². The van der Waals surface area contributed by atoms with Crippen molar-refractivity contribution in [1.29, 1.82) is 0 Å². The Bertz CT molecular complexity index is 277. The fourth-order valence-corrected chi connectivity index (χ4v) is 1.85. The molecule has 0 aliphatic heterocycles. The van der Waals surface area contributed by atoms with Crippen molar-refractivity contribution in [2.24, 2.45) is 0 Å². The van der Waals surface area contributed by atoms with Crippen LogP contribution in [0.15, 0.2) is 11.4 Å². The summed E-state index contributed by atoms with van der Waals surface area (Å²) in [6.07, 6.45) is 4.49. The molecular formula is C11H20N2O2. The predicted molar refractivity (Wildman–Crippen MR) is 60.0 cm³/mol. The van der Waals surface area contributed by atoms with E-state index in [4.69, 9.17) is 0 Å². The van der Waals surface area contributed by atoms with Gasteiger partial charge >= 0.3 is 0 Å². The normalized spacial score (nSPS) is 18.6. The molecule has 0 radical (unpaired) electrons. The van der Waals surface area contributed by atoms with Crippen LogP contribution in [0.2, 0.25) is 0 Å². The quantitative estimate of drug-likeness (QED) is 0.565. The third-order valence-electron chi connectivity index (χ3n) is 2.43. The molecule has 0 spiro atoms. The second-order valence-electron chi connectivity index (χ2n) is 5.12. The van der Waals surface area contributed by atoms with Gasteiger partial charge in [0.05, 0.1) is 10.6 Å². The first kappa shape index (κ1) is 12.0. The smallest absolute Gasteiger partial charge is 0.264 e. The molecule has 15 heavy (non-hydrogen) atoms. The van der Waals surface area contributed by atoms with E-state index < -0.39 is 0 Å². The highest BCUT2D eigenvalue weighted by Gasteiger charge is 2.23. The second-order valence-corrected chi connectivity index (χ2v) is 5.12. The number of nitrogens with zero attached hydrogens (tertiary/aromatic N) is 1. The van der Waals surface area contributed by atoms with Crippen LogP contribution >= 0.6 is 0 Å². The van der Waals surface area contributed by atoms with Crippen molar-refractivity contribution in [2.45, 2.75) is 58.4 Å². The van der Waals surface area contributed by atoms with E-state index in [1.54, 1.807) is 0 Å². The van der Waals surface area contributed by atoms with E-state index >= 15 is 0 Å². The summed E-state index contributed by atoms with van der Waals surface area (Å²) >= 11 is 0. The molecule has 0 heterocycles. The topological polar surface area (TPSA) is 55.2 Å². The zero-order valence-corrected chi connectivity index (χ0v) is 9.80. The van der Waals surface area contributed by atoms with Crippen LogP contribution in [0.3, 0.4) is 0 Å². The van der Waals surface area contributed by atoms with Gasteiger partial charge in [0.1, 0.15) is 0 Å². The Morgan fingerprint density at radius 2 is 1.80 bits per heavy atom. The standard InChI is InChI=1S/C11H20N2O2/c1-11(2,3)12-9-7-5-4-6-8-10(9)13(14)15/h12H,4-8H2,1-3H3. The zero-order chi connectivity index (χ0) is 11.5. The fraction of sp³-hybridized carbons (Fsp3) is 0.818. The summed E-state index contributed by atoms with van der Waals surface area (Å²) in [5, 5.41) is 14.2. The number of hydrogen-bond acceptors (Lipinski definition) is 3. The maximum Gasteiger partial charge on any atom is 0.264 e. The average Bonchev–Trinajstić information content (AvgIpc) is 2.26. The Hall–Kier alpha value is -1.06. The van der Waals surface area contributed by atoms with Crippen LogP contribution in [0.25, 0.3) is 0 Å². The van der Waals surface area contributed by atoms with Crippen LogP contribution < -0.4 is 5.32 Å². The molecule has 0 aromatic rings. The van der Waals surface area contributed by atoms with Gasteiger partial charge in [-0.15, -0.1) is 0 Å². The monoisotopic (exact) mass is 212 g/mol. The largest absolute Gasteiger partial charge is 0.379 e. The summed E-state index contributed by atoms with van der Waals surface area (Å²) in [6, 6.07) is 0. The lowest BCUT2D eigenvalue weighted by Gasteiger charge is -2.23. The molecule has 0 atom stereocenters. The third-order valence-corrected chi connectivity index (χ3v) is 2.43. The lowest BCUT2D eigenvalue weighted by Crippen LogP contribution is -2.36.